The zero-order chi connectivity index (χ0) is 17.0. The molecule has 0 spiro atoms. The predicted molar refractivity (Wildman–Crippen MR) is 82.2 cm³/mol. The number of hydrogen-bond acceptors (Lipinski definition) is 3. The Morgan fingerprint density at radius 2 is 2.09 bits per heavy atom. The van der Waals surface area contributed by atoms with E-state index in [9.17, 15) is 13.6 Å². The topological polar surface area (TPSA) is 55.1 Å². The number of oxazole rings is 1. The molecule has 1 heterocycles. The van der Waals surface area contributed by atoms with Crippen LogP contribution in [0.5, 0.6) is 0 Å². The van der Waals surface area contributed by atoms with Crippen LogP contribution in [0.2, 0.25) is 0 Å². The van der Waals surface area contributed by atoms with Gasteiger partial charge in [0.2, 0.25) is 5.76 Å². The molecule has 1 N–H and O–H groups in total. The Morgan fingerprint density at radius 3 is 2.74 bits per heavy atom. The Labute approximate surface area is 133 Å². The van der Waals surface area contributed by atoms with Crippen molar-refractivity contribution in [3.8, 4) is 0 Å². The van der Waals surface area contributed by atoms with E-state index in [2.05, 4.69) is 10.3 Å². The third-order valence-corrected chi connectivity index (χ3v) is 3.32. The average molecular weight is 322 g/mol. The Balaban J connectivity index is 1.93. The lowest BCUT2D eigenvalue weighted by atomic mass is 10.1. The molecule has 0 bridgehead atoms. The summed E-state index contributed by atoms with van der Waals surface area (Å²) in [7, 11) is 0. The Hall–Kier alpha value is -2.24. The molecule has 0 atom stereocenters. The van der Waals surface area contributed by atoms with Crippen molar-refractivity contribution in [2.24, 2.45) is 5.92 Å². The van der Waals surface area contributed by atoms with Gasteiger partial charge in [0.15, 0.2) is 5.89 Å². The van der Waals surface area contributed by atoms with E-state index in [4.69, 9.17) is 4.42 Å². The smallest absolute Gasteiger partial charge is 0.289 e. The quantitative estimate of drug-likeness (QED) is 0.886. The van der Waals surface area contributed by atoms with Gasteiger partial charge >= 0.3 is 0 Å². The van der Waals surface area contributed by atoms with Gasteiger partial charge in [-0.1, -0.05) is 19.9 Å². The van der Waals surface area contributed by atoms with Crippen molar-refractivity contribution in [1.29, 1.82) is 0 Å². The van der Waals surface area contributed by atoms with Gasteiger partial charge in [0.05, 0.1) is 5.69 Å². The Bertz CT molecular complexity index is 696. The van der Waals surface area contributed by atoms with E-state index in [0.717, 1.165) is 6.07 Å². The summed E-state index contributed by atoms with van der Waals surface area (Å²) in [4.78, 5) is 16.3. The molecule has 0 radical (unpaired) electrons. The first-order valence-corrected chi connectivity index (χ1v) is 7.55. The van der Waals surface area contributed by atoms with Gasteiger partial charge in [-0.05, 0) is 30.9 Å². The molecule has 0 unspecified atom stereocenters. The lowest BCUT2D eigenvalue weighted by Gasteiger charge is -2.05. The fourth-order valence-electron chi connectivity index (χ4n) is 2.21. The fourth-order valence-corrected chi connectivity index (χ4v) is 2.21. The van der Waals surface area contributed by atoms with Crippen molar-refractivity contribution in [1.82, 2.24) is 10.3 Å². The number of hydrogen-bond donors (Lipinski definition) is 1. The maximum Gasteiger partial charge on any atom is 0.289 e. The van der Waals surface area contributed by atoms with Crippen LogP contribution < -0.4 is 5.32 Å². The predicted octanol–water partition coefficient (Wildman–Crippen LogP) is 3.43. The first-order valence-electron chi connectivity index (χ1n) is 7.55. The van der Waals surface area contributed by atoms with E-state index in [1.54, 1.807) is 6.92 Å². The molecule has 124 valence electrons. The maximum atomic E-state index is 13.5. The van der Waals surface area contributed by atoms with E-state index in [1.807, 2.05) is 13.8 Å². The molecule has 0 saturated heterocycles. The molecule has 2 aromatic rings. The SMILES string of the molecule is Cc1nc(CC(C)C)oc1C(=O)NCCc1ccc(F)cc1F. The molecule has 0 aliphatic rings. The van der Waals surface area contributed by atoms with Crippen molar-refractivity contribution in [3.63, 3.8) is 0 Å². The first-order chi connectivity index (χ1) is 10.9. The molecular weight excluding hydrogens is 302 g/mol. The molecule has 0 saturated carbocycles. The molecule has 1 aromatic heterocycles. The number of nitrogens with zero attached hydrogens (tertiary/aromatic N) is 1. The average Bonchev–Trinajstić information content (AvgIpc) is 2.81. The van der Waals surface area contributed by atoms with Crippen LogP contribution in [0.15, 0.2) is 22.6 Å². The molecule has 2 rings (SSSR count). The number of aryl methyl sites for hydroxylation is 1. The first kappa shape index (κ1) is 17.1. The lowest BCUT2D eigenvalue weighted by molar-refractivity contribution is 0.0923. The number of carbonyl (C=O) groups excluding carboxylic acids is 1. The highest BCUT2D eigenvalue weighted by molar-refractivity contribution is 5.92. The minimum Gasteiger partial charge on any atom is -0.435 e. The van der Waals surface area contributed by atoms with Crippen molar-refractivity contribution < 1.29 is 18.0 Å². The van der Waals surface area contributed by atoms with E-state index in [0.29, 0.717) is 29.5 Å². The molecule has 0 aliphatic carbocycles. The van der Waals surface area contributed by atoms with Crippen LogP contribution in [0.3, 0.4) is 0 Å². The third kappa shape index (κ3) is 4.61. The largest absolute Gasteiger partial charge is 0.435 e. The summed E-state index contributed by atoms with van der Waals surface area (Å²) in [5, 5.41) is 2.66. The van der Waals surface area contributed by atoms with E-state index in [1.165, 1.54) is 12.1 Å². The molecule has 23 heavy (non-hydrogen) atoms. The van der Waals surface area contributed by atoms with E-state index in [-0.39, 0.29) is 24.6 Å². The summed E-state index contributed by atoms with van der Waals surface area (Å²) in [6.45, 7) is 6.01. The maximum absolute atomic E-state index is 13.5. The highest BCUT2D eigenvalue weighted by Crippen LogP contribution is 2.14. The monoisotopic (exact) mass is 322 g/mol. The highest BCUT2D eigenvalue weighted by atomic mass is 19.1. The Kier molecular flexibility index (Phi) is 5.47. The van der Waals surface area contributed by atoms with Crippen molar-refractivity contribution in [2.45, 2.75) is 33.6 Å². The standard InChI is InChI=1S/C17H20F2N2O2/c1-10(2)8-15-21-11(3)16(23-15)17(22)20-7-6-12-4-5-13(18)9-14(12)19/h4-5,9-10H,6-8H2,1-3H3,(H,20,22). The second-order valence-electron chi connectivity index (χ2n) is 5.86. The molecule has 1 amide bonds. The molecule has 0 aliphatic heterocycles. The van der Waals surface area contributed by atoms with Crippen LogP contribution >= 0.6 is 0 Å². The summed E-state index contributed by atoms with van der Waals surface area (Å²) in [5.74, 6) is -0.523. The van der Waals surface area contributed by atoms with E-state index >= 15 is 0 Å². The van der Waals surface area contributed by atoms with Crippen molar-refractivity contribution in [3.05, 3.63) is 52.7 Å². The lowest BCUT2D eigenvalue weighted by Crippen LogP contribution is -2.26. The van der Waals surface area contributed by atoms with Gasteiger partial charge in [-0.3, -0.25) is 4.79 Å². The number of aromatic nitrogens is 1. The molecule has 1 aromatic carbocycles. The summed E-state index contributed by atoms with van der Waals surface area (Å²) < 4.78 is 31.8. The normalized spacial score (nSPS) is 11.0. The highest BCUT2D eigenvalue weighted by Gasteiger charge is 2.17. The van der Waals surface area contributed by atoms with Gasteiger partial charge in [0.1, 0.15) is 11.6 Å². The number of carbonyl (C=O) groups is 1. The molecular formula is C17H20F2N2O2. The molecule has 4 nitrogen and oxygen atoms in total. The van der Waals surface area contributed by atoms with Gasteiger partial charge in [-0.15, -0.1) is 0 Å². The molecule has 6 heteroatoms. The number of nitrogens with one attached hydrogen (secondary N) is 1. The van der Waals surface area contributed by atoms with Crippen LogP contribution in [0, 0.1) is 24.5 Å². The van der Waals surface area contributed by atoms with E-state index < -0.39 is 11.6 Å². The number of rotatable bonds is 6. The number of amides is 1. The zero-order valence-electron chi connectivity index (χ0n) is 13.5. The van der Waals surface area contributed by atoms with Gasteiger partial charge in [0, 0.05) is 19.0 Å². The summed E-state index contributed by atoms with van der Waals surface area (Å²) in [6.07, 6.45) is 0.929. The number of benzene rings is 1. The Morgan fingerprint density at radius 1 is 1.35 bits per heavy atom. The van der Waals surface area contributed by atoms with Crippen molar-refractivity contribution in [2.75, 3.05) is 6.54 Å². The van der Waals surface area contributed by atoms with Crippen molar-refractivity contribution >= 4 is 5.91 Å². The van der Waals surface area contributed by atoms with Crippen LogP contribution in [0.1, 0.15) is 41.6 Å². The minimum absolute atomic E-state index is 0.181. The fraction of sp³-hybridized carbons (Fsp3) is 0.412. The van der Waals surface area contributed by atoms with Crippen LogP contribution in [0.25, 0.3) is 0 Å². The van der Waals surface area contributed by atoms with Gasteiger partial charge < -0.3 is 9.73 Å². The second-order valence-corrected chi connectivity index (χ2v) is 5.86. The second kappa shape index (κ2) is 7.35. The summed E-state index contributed by atoms with van der Waals surface area (Å²) in [5.41, 5.74) is 0.882. The minimum atomic E-state index is -0.620. The van der Waals surface area contributed by atoms with Gasteiger partial charge in [0.25, 0.3) is 5.91 Å². The van der Waals surface area contributed by atoms with Crippen LogP contribution in [-0.2, 0) is 12.8 Å². The van der Waals surface area contributed by atoms with Gasteiger partial charge in [-0.25, -0.2) is 13.8 Å². The van der Waals surface area contributed by atoms with Crippen LogP contribution in [0.4, 0.5) is 8.78 Å². The summed E-state index contributed by atoms with van der Waals surface area (Å²) in [6, 6.07) is 3.40. The van der Waals surface area contributed by atoms with Crippen LogP contribution in [-0.4, -0.2) is 17.4 Å². The molecule has 0 fully saturated rings. The van der Waals surface area contributed by atoms with Gasteiger partial charge in [-0.2, -0.15) is 0 Å². The number of halogens is 2. The zero-order valence-corrected chi connectivity index (χ0v) is 13.5. The summed E-state index contributed by atoms with van der Waals surface area (Å²) >= 11 is 0. The third-order valence-electron chi connectivity index (χ3n) is 3.32.